The summed E-state index contributed by atoms with van der Waals surface area (Å²) >= 11 is 0. The van der Waals surface area contributed by atoms with Crippen molar-refractivity contribution >= 4 is 0 Å². The van der Waals surface area contributed by atoms with Gasteiger partial charge in [0.2, 0.25) is 0 Å². The zero-order chi connectivity index (χ0) is 9.26. The molecule has 4 atom stereocenters. The summed E-state index contributed by atoms with van der Waals surface area (Å²) in [5.74, 6) is 1.73. The van der Waals surface area contributed by atoms with Gasteiger partial charge in [-0.2, -0.15) is 0 Å². The second kappa shape index (κ2) is 3.81. The summed E-state index contributed by atoms with van der Waals surface area (Å²) in [6.07, 6.45) is 8.00. The number of hydrogen-bond donors (Lipinski definition) is 2. The number of aliphatic hydroxyl groups excluding tert-OH is 1. The highest BCUT2D eigenvalue weighted by Gasteiger charge is 2.40. The molecule has 2 aliphatic carbocycles. The Labute approximate surface area is 80.0 Å². The number of allylic oxidation sites excluding steroid dienone is 1. The maximum atomic E-state index is 9.09. The van der Waals surface area contributed by atoms with Crippen LogP contribution in [0.15, 0.2) is 12.2 Å². The highest BCUT2D eigenvalue weighted by molar-refractivity contribution is 5.12. The van der Waals surface area contributed by atoms with Crippen molar-refractivity contribution in [1.29, 1.82) is 0 Å². The van der Waals surface area contributed by atoms with E-state index in [1.165, 1.54) is 12.8 Å². The van der Waals surface area contributed by atoms with Crippen LogP contribution in [0.5, 0.6) is 0 Å². The second-order valence-corrected chi connectivity index (χ2v) is 4.44. The molecule has 0 bridgehead atoms. The van der Waals surface area contributed by atoms with Crippen LogP contribution in [0.1, 0.15) is 26.2 Å². The van der Waals surface area contributed by atoms with E-state index in [1.54, 1.807) is 0 Å². The highest BCUT2D eigenvalue weighted by Crippen LogP contribution is 2.42. The molecule has 2 aliphatic rings. The zero-order valence-electron chi connectivity index (χ0n) is 8.24. The maximum absolute atomic E-state index is 9.09. The number of nitrogens with one attached hydrogen (secondary N) is 1. The van der Waals surface area contributed by atoms with Crippen LogP contribution >= 0.6 is 0 Å². The van der Waals surface area contributed by atoms with Crippen LogP contribution in [0.25, 0.3) is 0 Å². The third-order valence-corrected chi connectivity index (χ3v) is 3.33. The average Bonchev–Trinajstić information content (AvgIpc) is 2.40. The smallest absolute Gasteiger partial charge is 0.0524 e. The van der Waals surface area contributed by atoms with Gasteiger partial charge in [-0.25, -0.2) is 0 Å². The minimum atomic E-state index is -0.164. The lowest BCUT2D eigenvalue weighted by Crippen LogP contribution is -2.48. The van der Waals surface area contributed by atoms with E-state index in [0.29, 0.717) is 6.04 Å². The second-order valence-electron chi connectivity index (χ2n) is 4.44. The quantitative estimate of drug-likeness (QED) is 0.641. The molecular formula is C11H19NO. The van der Waals surface area contributed by atoms with Crippen molar-refractivity contribution in [1.82, 2.24) is 5.32 Å². The fourth-order valence-corrected chi connectivity index (χ4v) is 2.43. The molecule has 0 heterocycles. The van der Waals surface area contributed by atoms with Gasteiger partial charge in [0.1, 0.15) is 0 Å². The first kappa shape index (κ1) is 9.22. The summed E-state index contributed by atoms with van der Waals surface area (Å²) in [6, 6.07) is 0.697. The molecule has 2 heteroatoms. The van der Waals surface area contributed by atoms with Crippen LogP contribution in [0, 0.1) is 11.8 Å². The first-order chi connectivity index (χ1) is 6.27. The third-order valence-electron chi connectivity index (χ3n) is 3.33. The Hall–Kier alpha value is -0.340. The van der Waals surface area contributed by atoms with Gasteiger partial charge < -0.3 is 10.4 Å². The van der Waals surface area contributed by atoms with E-state index in [1.807, 2.05) is 6.92 Å². The number of fused-ring (bicyclic) bond motifs is 1. The van der Waals surface area contributed by atoms with Gasteiger partial charge in [-0.15, -0.1) is 0 Å². The first-order valence-electron chi connectivity index (χ1n) is 5.35. The van der Waals surface area contributed by atoms with Crippen LogP contribution in [-0.4, -0.2) is 23.8 Å². The van der Waals surface area contributed by atoms with Crippen molar-refractivity contribution in [2.24, 2.45) is 11.8 Å². The molecule has 0 aromatic heterocycles. The van der Waals surface area contributed by atoms with Crippen molar-refractivity contribution in [2.45, 2.75) is 38.3 Å². The molecule has 0 amide bonds. The van der Waals surface area contributed by atoms with Gasteiger partial charge in [-0.1, -0.05) is 12.2 Å². The van der Waals surface area contributed by atoms with Gasteiger partial charge in [0, 0.05) is 6.04 Å². The SMILES string of the molecule is CC(O)CCNC1CC2CC=CC21. The van der Waals surface area contributed by atoms with E-state index in [2.05, 4.69) is 17.5 Å². The molecule has 1 saturated carbocycles. The predicted octanol–water partition coefficient (Wildman–Crippen LogP) is 1.31. The van der Waals surface area contributed by atoms with Crippen LogP contribution in [0.4, 0.5) is 0 Å². The zero-order valence-corrected chi connectivity index (χ0v) is 8.24. The van der Waals surface area contributed by atoms with Crippen molar-refractivity contribution < 1.29 is 5.11 Å². The van der Waals surface area contributed by atoms with Crippen LogP contribution in [0.3, 0.4) is 0 Å². The fraction of sp³-hybridized carbons (Fsp3) is 0.818. The maximum Gasteiger partial charge on any atom is 0.0524 e. The Kier molecular flexibility index (Phi) is 2.70. The molecule has 74 valence electrons. The molecule has 0 aromatic rings. The van der Waals surface area contributed by atoms with E-state index in [4.69, 9.17) is 5.11 Å². The van der Waals surface area contributed by atoms with Gasteiger partial charge in [-0.05, 0) is 44.6 Å². The van der Waals surface area contributed by atoms with Crippen molar-refractivity contribution in [3.63, 3.8) is 0 Å². The minimum Gasteiger partial charge on any atom is -0.393 e. The predicted molar refractivity (Wildman–Crippen MR) is 53.4 cm³/mol. The van der Waals surface area contributed by atoms with E-state index in [9.17, 15) is 0 Å². The third kappa shape index (κ3) is 1.94. The molecule has 13 heavy (non-hydrogen) atoms. The number of hydrogen-bond acceptors (Lipinski definition) is 2. The summed E-state index contributed by atoms with van der Waals surface area (Å²) < 4.78 is 0. The van der Waals surface area contributed by atoms with E-state index in [-0.39, 0.29) is 6.10 Å². The lowest BCUT2D eigenvalue weighted by atomic mass is 9.71. The minimum absolute atomic E-state index is 0.164. The molecule has 0 aliphatic heterocycles. The largest absolute Gasteiger partial charge is 0.393 e. The van der Waals surface area contributed by atoms with Gasteiger partial charge in [-0.3, -0.25) is 0 Å². The Morgan fingerprint density at radius 2 is 2.46 bits per heavy atom. The Morgan fingerprint density at radius 3 is 3.15 bits per heavy atom. The molecule has 2 nitrogen and oxygen atoms in total. The summed E-state index contributed by atoms with van der Waals surface area (Å²) in [6.45, 7) is 2.81. The molecular weight excluding hydrogens is 162 g/mol. The van der Waals surface area contributed by atoms with Crippen LogP contribution < -0.4 is 5.32 Å². The summed E-state index contributed by atoms with van der Waals surface area (Å²) in [5, 5.41) is 12.6. The van der Waals surface area contributed by atoms with Gasteiger partial charge in [0.25, 0.3) is 0 Å². The Morgan fingerprint density at radius 1 is 1.62 bits per heavy atom. The fourth-order valence-electron chi connectivity index (χ4n) is 2.43. The molecule has 2 rings (SSSR count). The van der Waals surface area contributed by atoms with E-state index in [0.717, 1.165) is 24.8 Å². The van der Waals surface area contributed by atoms with E-state index >= 15 is 0 Å². The van der Waals surface area contributed by atoms with Gasteiger partial charge in [0.15, 0.2) is 0 Å². The molecule has 0 aromatic carbocycles. The first-order valence-corrected chi connectivity index (χ1v) is 5.35. The average molecular weight is 181 g/mol. The van der Waals surface area contributed by atoms with Crippen molar-refractivity contribution in [3.05, 3.63) is 12.2 Å². The molecule has 4 unspecified atom stereocenters. The van der Waals surface area contributed by atoms with Crippen molar-refractivity contribution in [3.8, 4) is 0 Å². The number of rotatable bonds is 4. The van der Waals surface area contributed by atoms with E-state index < -0.39 is 0 Å². The molecule has 0 radical (unpaired) electrons. The summed E-state index contributed by atoms with van der Waals surface area (Å²) in [7, 11) is 0. The Balaban J connectivity index is 1.64. The normalized spacial score (nSPS) is 38.5. The number of aliphatic hydroxyl groups is 1. The summed E-state index contributed by atoms with van der Waals surface area (Å²) in [4.78, 5) is 0. The van der Waals surface area contributed by atoms with Crippen LogP contribution in [0.2, 0.25) is 0 Å². The van der Waals surface area contributed by atoms with Crippen molar-refractivity contribution in [2.75, 3.05) is 6.54 Å². The van der Waals surface area contributed by atoms with Gasteiger partial charge >= 0.3 is 0 Å². The Bertz CT molecular complexity index is 200. The lowest BCUT2D eigenvalue weighted by Gasteiger charge is -2.40. The standard InChI is InChI=1S/C11H19NO/c1-8(13)5-6-12-11-7-9-3-2-4-10(9)11/h2,4,8-13H,3,5-7H2,1H3. The molecule has 2 N–H and O–H groups in total. The molecule has 0 spiro atoms. The lowest BCUT2D eigenvalue weighted by molar-refractivity contribution is 0.146. The van der Waals surface area contributed by atoms with Crippen LogP contribution in [-0.2, 0) is 0 Å². The summed E-state index contributed by atoms with van der Waals surface area (Å²) in [5.41, 5.74) is 0. The molecule has 1 fully saturated rings. The topological polar surface area (TPSA) is 32.3 Å². The molecule has 0 saturated heterocycles. The van der Waals surface area contributed by atoms with Gasteiger partial charge in [0.05, 0.1) is 6.10 Å². The monoisotopic (exact) mass is 181 g/mol. The highest BCUT2D eigenvalue weighted by atomic mass is 16.3.